The molecule has 2 rings (SSSR count). The second-order valence-corrected chi connectivity index (χ2v) is 6.73. The Hall–Kier alpha value is -2.57. The molecule has 0 radical (unpaired) electrons. The van der Waals surface area contributed by atoms with Crippen LogP contribution in [0.1, 0.15) is 5.56 Å². The summed E-state index contributed by atoms with van der Waals surface area (Å²) >= 11 is 5.83. The highest BCUT2D eigenvalue weighted by Crippen LogP contribution is 2.18. The molecular formula is C20H24ClN3O3. The lowest BCUT2D eigenvalue weighted by molar-refractivity contribution is -0.131. The van der Waals surface area contributed by atoms with Gasteiger partial charge in [-0.2, -0.15) is 0 Å². The van der Waals surface area contributed by atoms with E-state index in [1.165, 1.54) is 0 Å². The first-order valence-corrected chi connectivity index (χ1v) is 8.86. The van der Waals surface area contributed by atoms with Crippen LogP contribution in [-0.2, 0) is 16.1 Å². The Labute approximate surface area is 164 Å². The summed E-state index contributed by atoms with van der Waals surface area (Å²) in [5, 5.41) is 3.38. The lowest BCUT2D eigenvalue weighted by atomic mass is 10.2. The monoisotopic (exact) mass is 389 g/mol. The van der Waals surface area contributed by atoms with Gasteiger partial charge in [-0.25, -0.2) is 0 Å². The van der Waals surface area contributed by atoms with Crippen molar-refractivity contribution in [2.45, 2.75) is 6.54 Å². The number of ether oxygens (including phenoxy) is 1. The first-order chi connectivity index (χ1) is 12.9. The van der Waals surface area contributed by atoms with E-state index in [0.717, 1.165) is 11.3 Å². The van der Waals surface area contributed by atoms with E-state index in [1.807, 2.05) is 24.3 Å². The third-order valence-electron chi connectivity index (χ3n) is 3.97. The summed E-state index contributed by atoms with van der Waals surface area (Å²) in [6.45, 7) is 0.685. The summed E-state index contributed by atoms with van der Waals surface area (Å²) in [4.78, 5) is 27.8. The zero-order valence-electron chi connectivity index (χ0n) is 15.7. The van der Waals surface area contributed by atoms with Crippen molar-refractivity contribution in [1.82, 2.24) is 9.80 Å². The third kappa shape index (κ3) is 6.58. The first-order valence-electron chi connectivity index (χ1n) is 8.49. The molecular weight excluding hydrogens is 366 g/mol. The van der Waals surface area contributed by atoms with Gasteiger partial charge in [0.2, 0.25) is 11.8 Å². The molecule has 144 valence electrons. The van der Waals surface area contributed by atoms with Gasteiger partial charge in [-0.1, -0.05) is 29.8 Å². The Bertz CT molecular complexity index is 780. The SMILES string of the molecule is COc1ccccc1CN(C)C(=O)CN(C)CC(=O)Nc1ccc(Cl)cc1. The van der Waals surface area contributed by atoms with E-state index >= 15 is 0 Å². The topological polar surface area (TPSA) is 61.9 Å². The number of rotatable bonds is 8. The normalized spacial score (nSPS) is 10.6. The highest BCUT2D eigenvalue weighted by Gasteiger charge is 2.16. The van der Waals surface area contributed by atoms with Gasteiger partial charge in [-0.15, -0.1) is 0 Å². The number of hydrogen-bond acceptors (Lipinski definition) is 4. The maximum absolute atomic E-state index is 12.4. The van der Waals surface area contributed by atoms with Crippen LogP contribution in [0, 0.1) is 0 Å². The van der Waals surface area contributed by atoms with Crippen molar-refractivity contribution in [2.24, 2.45) is 0 Å². The molecule has 0 saturated heterocycles. The summed E-state index contributed by atoms with van der Waals surface area (Å²) < 4.78 is 5.31. The molecule has 0 aliphatic heterocycles. The number of anilines is 1. The maximum atomic E-state index is 12.4. The highest BCUT2D eigenvalue weighted by molar-refractivity contribution is 6.30. The quantitative estimate of drug-likeness (QED) is 0.754. The molecule has 0 aliphatic rings. The van der Waals surface area contributed by atoms with Crippen molar-refractivity contribution in [3.8, 4) is 5.75 Å². The van der Waals surface area contributed by atoms with Crippen LogP contribution in [0.3, 0.4) is 0 Å². The number of benzene rings is 2. The van der Waals surface area contributed by atoms with E-state index in [0.29, 0.717) is 17.3 Å². The third-order valence-corrected chi connectivity index (χ3v) is 4.22. The van der Waals surface area contributed by atoms with Gasteiger partial charge in [-0.3, -0.25) is 14.5 Å². The summed E-state index contributed by atoms with van der Waals surface area (Å²) in [5.74, 6) is 0.468. The number of para-hydroxylation sites is 1. The summed E-state index contributed by atoms with van der Waals surface area (Å²) in [7, 11) is 5.07. The highest BCUT2D eigenvalue weighted by atomic mass is 35.5. The van der Waals surface area contributed by atoms with Gasteiger partial charge in [0, 0.05) is 29.9 Å². The largest absolute Gasteiger partial charge is 0.496 e. The fraction of sp³-hybridized carbons (Fsp3) is 0.300. The van der Waals surface area contributed by atoms with Crippen LogP contribution >= 0.6 is 11.6 Å². The summed E-state index contributed by atoms with van der Waals surface area (Å²) in [6, 6.07) is 14.4. The van der Waals surface area contributed by atoms with Gasteiger partial charge in [0.15, 0.2) is 0 Å². The fourth-order valence-corrected chi connectivity index (χ4v) is 2.69. The standard InChI is InChI=1S/C20H24ClN3O3/c1-23(13-19(25)22-17-10-8-16(21)9-11-17)14-20(26)24(2)12-15-6-4-5-7-18(15)27-3/h4-11H,12-14H2,1-3H3,(H,22,25). The predicted molar refractivity (Wildman–Crippen MR) is 107 cm³/mol. The van der Waals surface area contributed by atoms with E-state index in [-0.39, 0.29) is 24.9 Å². The van der Waals surface area contributed by atoms with E-state index < -0.39 is 0 Å². The molecule has 1 N–H and O–H groups in total. The Morgan fingerprint density at radius 3 is 2.37 bits per heavy atom. The molecule has 2 amide bonds. The van der Waals surface area contributed by atoms with Crippen molar-refractivity contribution >= 4 is 29.1 Å². The average molecular weight is 390 g/mol. The number of amides is 2. The van der Waals surface area contributed by atoms with Crippen LogP contribution in [0.15, 0.2) is 48.5 Å². The predicted octanol–water partition coefficient (Wildman–Crippen LogP) is 2.88. The van der Waals surface area contributed by atoms with Crippen LogP contribution in [-0.4, -0.2) is 55.9 Å². The number of hydrogen-bond donors (Lipinski definition) is 1. The molecule has 0 atom stereocenters. The zero-order chi connectivity index (χ0) is 19.8. The fourth-order valence-electron chi connectivity index (χ4n) is 2.56. The van der Waals surface area contributed by atoms with Crippen molar-refractivity contribution in [1.29, 1.82) is 0 Å². The number of nitrogens with zero attached hydrogens (tertiary/aromatic N) is 2. The second-order valence-electron chi connectivity index (χ2n) is 6.29. The van der Waals surface area contributed by atoms with Crippen molar-refractivity contribution in [3.05, 3.63) is 59.1 Å². The van der Waals surface area contributed by atoms with Gasteiger partial charge in [0.05, 0.1) is 20.2 Å². The zero-order valence-corrected chi connectivity index (χ0v) is 16.5. The molecule has 2 aromatic carbocycles. The van der Waals surface area contributed by atoms with Gasteiger partial charge >= 0.3 is 0 Å². The van der Waals surface area contributed by atoms with Crippen molar-refractivity contribution in [2.75, 3.05) is 39.6 Å². The molecule has 0 fully saturated rings. The molecule has 0 unspecified atom stereocenters. The molecule has 0 spiro atoms. The molecule has 2 aromatic rings. The Morgan fingerprint density at radius 1 is 1.04 bits per heavy atom. The minimum atomic E-state index is -0.194. The lowest BCUT2D eigenvalue weighted by Crippen LogP contribution is -2.39. The van der Waals surface area contributed by atoms with Crippen LogP contribution < -0.4 is 10.1 Å². The summed E-state index contributed by atoms with van der Waals surface area (Å²) in [5.41, 5.74) is 1.59. The second kappa shape index (κ2) is 9.94. The minimum Gasteiger partial charge on any atom is -0.496 e. The molecule has 6 nitrogen and oxygen atoms in total. The van der Waals surface area contributed by atoms with Gasteiger partial charge in [0.25, 0.3) is 0 Å². The van der Waals surface area contributed by atoms with Crippen molar-refractivity contribution in [3.63, 3.8) is 0 Å². The maximum Gasteiger partial charge on any atom is 0.238 e. The van der Waals surface area contributed by atoms with E-state index in [1.54, 1.807) is 55.3 Å². The molecule has 0 bridgehead atoms. The minimum absolute atomic E-state index is 0.0808. The van der Waals surface area contributed by atoms with Crippen LogP contribution in [0.5, 0.6) is 5.75 Å². The molecule has 7 heteroatoms. The molecule has 0 aliphatic carbocycles. The smallest absolute Gasteiger partial charge is 0.238 e. The number of nitrogens with one attached hydrogen (secondary N) is 1. The number of halogens is 1. The molecule has 0 saturated carbocycles. The Balaban J connectivity index is 1.83. The van der Waals surface area contributed by atoms with Crippen LogP contribution in [0.25, 0.3) is 0 Å². The van der Waals surface area contributed by atoms with Crippen molar-refractivity contribution < 1.29 is 14.3 Å². The number of carbonyl (C=O) groups excluding carboxylic acids is 2. The average Bonchev–Trinajstić information content (AvgIpc) is 2.63. The van der Waals surface area contributed by atoms with Crippen LogP contribution in [0.2, 0.25) is 5.02 Å². The Morgan fingerprint density at radius 2 is 1.70 bits per heavy atom. The van der Waals surface area contributed by atoms with Gasteiger partial charge < -0.3 is 15.0 Å². The summed E-state index contributed by atoms with van der Waals surface area (Å²) in [6.07, 6.45) is 0. The van der Waals surface area contributed by atoms with E-state index in [9.17, 15) is 9.59 Å². The van der Waals surface area contributed by atoms with Gasteiger partial charge in [0.1, 0.15) is 5.75 Å². The lowest BCUT2D eigenvalue weighted by Gasteiger charge is -2.22. The van der Waals surface area contributed by atoms with Gasteiger partial charge in [-0.05, 0) is 37.4 Å². The van der Waals surface area contributed by atoms with Crippen LogP contribution in [0.4, 0.5) is 5.69 Å². The number of likely N-dealkylation sites (N-methyl/N-ethyl adjacent to an activating group) is 2. The number of methoxy groups -OCH3 is 1. The molecule has 27 heavy (non-hydrogen) atoms. The number of carbonyl (C=O) groups is 2. The van der Waals surface area contributed by atoms with E-state index in [4.69, 9.17) is 16.3 Å². The molecule has 0 heterocycles. The molecule has 0 aromatic heterocycles. The first kappa shape index (κ1) is 20.7. The van der Waals surface area contributed by atoms with E-state index in [2.05, 4.69) is 5.32 Å². The Kier molecular flexibility index (Phi) is 7.64.